The van der Waals surface area contributed by atoms with E-state index in [1.807, 2.05) is 23.1 Å². The zero-order chi connectivity index (χ0) is 21.1. The maximum atomic E-state index is 12.2. The number of methoxy groups -OCH3 is 1. The SMILES string of the molecule is COc1cc(/C=C/C(=O)NCCC(=O)N2CCCCCC2)ccc1OCC(C)C. The maximum absolute atomic E-state index is 12.2. The second kappa shape index (κ2) is 12.1. The summed E-state index contributed by atoms with van der Waals surface area (Å²) in [6.45, 7) is 6.82. The van der Waals surface area contributed by atoms with Crippen LogP contribution in [0.15, 0.2) is 24.3 Å². The van der Waals surface area contributed by atoms with Gasteiger partial charge >= 0.3 is 0 Å². The smallest absolute Gasteiger partial charge is 0.244 e. The van der Waals surface area contributed by atoms with E-state index in [2.05, 4.69) is 19.2 Å². The molecule has 1 fully saturated rings. The number of ether oxygens (including phenoxy) is 2. The molecule has 160 valence electrons. The minimum Gasteiger partial charge on any atom is -0.493 e. The lowest BCUT2D eigenvalue weighted by Gasteiger charge is -2.20. The standard InChI is InChI=1S/C23H34N2O4/c1-18(2)17-29-20-10-8-19(16-21(20)28-3)9-11-22(26)24-13-12-23(27)25-14-6-4-5-7-15-25/h8-11,16,18H,4-7,12-15,17H2,1-3H3,(H,24,26)/b11-9+. The van der Waals surface area contributed by atoms with Crippen LogP contribution in [-0.4, -0.2) is 50.1 Å². The van der Waals surface area contributed by atoms with Gasteiger partial charge in [-0.25, -0.2) is 0 Å². The third kappa shape index (κ3) is 8.18. The van der Waals surface area contributed by atoms with Crippen LogP contribution in [0.2, 0.25) is 0 Å². The highest BCUT2D eigenvalue weighted by Crippen LogP contribution is 2.29. The van der Waals surface area contributed by atoms with E-state index in [4.69, 9.17) is 9.47 Å². The molecule has 29 heavy (non-hydrogen) atoms. The molecule has 1 N–H and O–H groups in total. The molecule has 1 aliphatic rings. The van der Waals surface area contributed by atoms with Crippen LogP contribution in [0.1, 0.15) is 51.5 Å². The third-order valence-corrected chi connectivity index (χ3v) is 4.78. The van der Waals surface area contributed by atoms with E-state index in [9.17, 15) is 9.59 Å². The average molecular weight is 403 g/mol. The Balaban J connectivity index is 1.79. The number of hydrogen-bond donors (Lipinski definition) is 1. The molecular formula is C23H34N2O4. The largest absolute Gasteiger partial charge is 0.493 e. The topological polar surface area (TPSA) is 67.9 Å². The Bertz CT molecular complexity index is 692. The number of likely N-dealkylation sites (tertiary alicyclic amines) is 1. The second-order valence-corrected chi connectivity index (χ2v) is 7.78. The van der Waals surface area contributed by atoms with E-state index < -0.39 is 0 Å². The second-order valence-electron chi connectivity index (χ2n) is 7.78. The molecule has 0 bridgehead atoms. The molecule has 1 saturated heterocycles. The Hall–Kier alpha value is -2.50. The van der Waals surface area contributed by atoms with Crippen molar-refractivity contribution >= 4 is 17.9 Å². The Labute approximate surface area is 174 Å². The summed E-state index contributed by atoms with van der Waals surface area (Å²) in [5.74, 6) is 1.66. The van der Waals surface area contributed by atoms with Crippen molar-refractivity contribution in [3.05, 3.63) is 29.8 Å². The number of nitrogens with zero attached hydrogens (tertiary/aromatic N) is 1. The molecule has 6 heteroatoms. The lowest BCUT2D eigenvalue weighted by atomic mass is 10.2. The van der Waals surface area contributed by atoms with Crippen LogP contribution in [0.3, 0.4) is 0 Å². The first-order chi connectivity index (χ1) is 14.0. The van der Waals surface area contributed by atoms with Crippen molar-refractivity contribution in [2.45, 2.75) is 46.0 Å². The van der Waals surface area contributed by atoms with Gasteiger partial charge in [-0.05, 0) is 42.5 Å². The summed E-state index contributed by atoms with van der Waals surface area (Å²) in [7, 11) is 1.60. The van der Waals surface area contributed by atoms with Gasteiger partial charge in [0.05, 0.1) is 13.7 Å². The molecule has 6 nitrogen and oxygen atoms in total. The van der Waals surface area contributed by atoms with E-state index in [0.29, 0.717) is 37.0 Å². The monoisotopic (exact) mass is 402 g/mol. The maximum Gasteiger partial charge on any atom is 0.244 e. The summed E-state index contributed by atoms with van der Waals surface area (Å²) < 4.78 is 11.1. The predicted octanol–water partition coefficient (Wildman–Crippen LogP) is 3.65. The Morgan fingerprint density at radius 2 is 1.86 bits per heavy atom. The van der Waals surface area contributed by atoms with Gasteiger partial charge in [-0.15, -0.1) is 0 Å². The van der Waals surface area contributed by atoms with Crippen molar-refractivity contribution in [3.8, 4) is 11.5 Å². The average Bonchev–Trinajstić information content (AvgIpc) is 3.00. The van der Waals surface area contributed by atoms with Crippen LogP contribution in [0.4, 0.5) is 0 Å². The molecule has 1 heterocycles. The van der Waals surface area contributed by atoms with Crippen molar-refractivity contribution in [1.82, 2.24) is 10.2 Å². The molecule has 1 aromatic rings. The lowest BCUT2D eigenvalue weighted by Crippen LogP contribution is -2.34. The van der Waals surface area contributed by atoms with Crippen molar-refractivity contribution < 1.29 is 19.1 Å². The Morgan fingerprint density at radius 3 is 2.52 bits per heavy atom. The van der Waals surface area contributed by atoms with Gasteiger partial charge in [-0.1, -0.05) is 32.8 Å². The molecule has 1 aliphatic heterocycles. The molecule has 2 amide bonds. The Kier molecular flexibility index (Phi) is 9.54. The number of carbonyl (C=O) groups is 2. The number of nitrogens with one attached hydrogen (secondary N) is 1. The summed E-state index contributed by atoms with van der Waals surface area (Å²) in [6, 6.07) is 5.56. The van der Waals surface area contributed by atoms with Crippen LogP contribution in [0.25, 0.3) is 6.08 Å². The number of rotatable bonds is 9. The van der Waals surface area contributed by atoms with Crippen molar-refractivity contribution in [2.24, 2.45) is 5.92 Å². The number of amides is 2. The molecule has 0 aromatic heterocycles. The van der Waals surface area contributed by atoms with Gasteiger partial charge in [0, 0.05) is 32.1 Å². The molecule has 0 atom stereocenters. The van der Waals surface area contributed by atoms with Gasteiger partial charge in [0.15, 0.2) is 11.5 Å². The van der Waals surface area contributed by atoms with Gasteiger partial charge in [-0.3, -0.25) is 9.59 Å². The van der Waals surface area contributed by atoms with E-state index in [1.54, 1.807) is 13.2 Å². The fourth-order valence-corrected chi connectivity index (χ4v) is 3.17. The summed E-state index contributed by atoms with van der Waals surface area (Å²) in [4.78, 5) is 26.2. The van der Waals surface area contributed by atoms with E-state index >= 15 is 0 Å². The zero-order valence-corrected chi connectivity index (χ0v) is 17.9. The zero-order valence-electron chi connectivity index (χ0n) is 17.9. The summed E-state index contributed by atoms with van der Waals surface area (Å²) in [5.41, 5.74) is 0.842. The normalized spacial score (nSPS) is 14.7. The molecule has 0 radical (unpaired) electrons. The molecule has 0 aliphatic carbocycles. The van der Waals surface area contributed by atoms with Crippen molar-refractivity contribution in [2.75, 3.05) is 33.4 Å². The Morgan fingerprint density at radius 1 is 1.14 bits per heavy atom. The highest BCUT2D eigenvalue weighted by molar-refractivity contribution is 5.92. The van der Waals surface area contributed by atoms with Crippen LogP contribution >= 0.6 is 0 Å². The number of carbonyl (C=O) groups excluding carboxylic acids is 2. The van der Waals surface area contributed by atoms with Gasteiger partial charge in [0.25, 0.3) is 0 Å². The third-order valence-electron chi connectivity index (χ3n) is 4.78. The van der Waals surface area contributed by atoms with Gasteiger partial charge in [0.2, 0.25) is 11.8 Å². The molecule has 0 unspecified atom stereocenters. The van der Waals surface area contributed by atoms with Gasteiger partial charge in [0.1, 0.15) is 0 Å². The van der Waals surface area contributed by atoms with E-state index in [1.165, 1.54) is 18.9 Å². The van der Waals surface area contributed by atoms with Gasteiger partial charge in [-0.2, -0.15) is 0 Å². The quantitative estimate of drug-likeness (QED) is 0.640. The van der Waals surface area contributed by atoms with Gasteiger partial charge < -0.3 is 19.7 Å². The predicted molar refractivity (Wildman–Crippen MR) is 115 cm³/mol. The van der Waals surface area contributed by atoms with Crippen LogP contribution in [-0.2, 0) is 9.59 Å². The highest BCUT2D eigenvalue weighted by Gasteiger charge is 2.15. The summed E-state index contributed by atoms with van der Waals surface area (Å²) in [6.07, 6.45) is 8.08. The van der Waals surface area contributed by atoms with Crippen LogP contribution < -0.4 is 14.8 Å². The fourth-order valence-electron chi connectivity index (χ4n) is 3.17. The molecular weight excluding hydrogens is 368 g/mol. The minimum atomic E-state index is -0.215. The molecule has 2 rings (SSSR count). The minimum absolute atomic E-state index is 0.123. The number of hydrogen-bond acceptors (Lipinski definition) is 4. The first kappa shape index (κ1) is 22.8. The van der Waals surface area contributed by atoms with E-state index in [0.717, 1.165) is 31.5 Å². The van der Waals surface area contributed by atoms with Crippen molar-refractivity contribution in [1.29, 1.82) is 0 Å². The number of benzene rings is 1. The van der Waals surface area contributed by atoms with E-state index in [-0.39, 0.29) is 11.8 Å². The molecule has 1 aromatic carbocycles. The van der Waals surface area contributed by atoms with Crippen LogP contribution in [0.5, 0.6) is 11.5 Å². The molecule has 0 spiro atoms. The molecule has 0 saturated carbocycles. The first-order valence-electron chi connectivity index (χ1n) is 10.5. The fraction of sp³-hybridized carbons (Fsp3) is 0.565. The first-order valence-corrected chi connectivity index (χ1v) is 10.5. The van der Waals surface area contributed by atoms with Crippen molar-refractivity contribution in [3.63, 3.8) is 0 Å². The van der Waals surface area contributed by atoms with Crippen LogP contribution in [0, 0.1) is 5.92 Å². The summed E-state index contributed by atoms with van der Waals surface area (Å²) >= 11 is 0. The summed E-state index contributed by atoms with van der Waals surface area (Å²) in [5, 5.41) is 2.78. The lowest BCUT2D eigenvalue weighted by molar-refractivity contribution is -0.131. The highest BCUT2D eigenvalue weighted by atomic mass is 16.5.